The molecule has 0 spiro atoms. The number of hydrogen-bond donors (Lipinski definition) is 1. The maximum Gasteiger partial charge on any atom is 0.224 e. The Morgan fingerprint density at radius 2 is 2.11 bits per heavy atom. The Morgan fingerprint density at radius 3 is 2.78 bits per heavy atom. The van der Waals surface area contributed by atoms with Crippen molar-refractivity contribution >= 4 is 17.5 Å². The maximum absolute atomic E-state index is 13.7. The molecule has 2 rings (SSSR count). The minimum absolute atomic E-state index is 0.250. The van der Waals surface area contributed by atoms with Gasteiger partial charge in [-0.15, -0.1) is 0 Å². The number of rotatable bonds is 3. The van der Waals surface area contributed by atoms with Gasteiger partial charge in [-0.25, -0.2) is 9.37 Å². The van der Waals surface area contributed by atoms with Crippen LogP contribution in [0.4, 0.5) is 21.8 Å². The van der Waals surface area contributed by atoms with Gasteiger partial charge in [0.2, 0.25) is 5.95 Å². The number of nitrogens with zero attached hydrogens (tertiary/aromatic N) is 3. The van der Waals surface area contributed by atoms with Gasteiger partial charge < -0.3 is 10.2 Å². The SMILES string of the molecule is CNc1ncc(F)c(N(C)c2cccc(C)c2)n1. The zero-order valence-electron chi connectivity index (χ0n) is 10.6. The predicted molar refractivity (Wildman–Crippen MR) is 70.8 cm³/mol. The summed E-state index contributed by atoms with van der Waals surface area (Å²) < 4.78 is 13.7. The van der Waals surface area contributed by atoms with Crippen molar-refractivity contribution in [3.63, 3.8) is 0 Å². The molecule has 0 fully saturated rings. The number of anilines is 3. The van der Waals surface area contributed by atoms with E-state index in [1.807, 2.05) is 31.2 Å². The number of nitrogens with one attached hydrogen (secondary N) is 1. The summed E-state index contributed by atoms with van der Waals surface area (Å²) in [4.78, 5) is 9.65. The Kier molecular flexibility index (Phi) is 3.41. The Bertz CT molecular complexity index is 556. The van der Waals surface area contributed by atoms with Crippen LogP contribution in [0.25, 0.3) is 0 Å². The van der Waals surface area contributed by atoms with Crippen molar-refractivity contribution < 1.29 is 4.39 Å². The third kappa shape index (κ3) is 2.40. The molecule has 94 valence electrons. The topological polar surface area (TPSA) is 41.1 Å². The second-order valence-corrected chi connectivity index (χ2v) is 4.01. The number of aryl methyl sites for hydroxylation is 1. The summed E-state index contributed by atoms with van der Waals surface area (Å²) >= 11 is 0. The van der Waals surface area contributed by atoms with Crippen molar-refractivity contribution in [3.8, 4) is 0 Å². The number of hydrogen-bond acceptors (Lipinski definition) is 4. The molecule has 0 saturated carbocycles. The molecule has 0 amide bonds. The van der Waals surface area contributed by atoms with Gasteiger partial charge in [0.15, 0.2) is 11.6 Å². The quantitative estimate of drug-likeness (QED) is 0.904. The van der Waals surface area contributed by atoms with Crippen LogP contribution in [-0.2, 0) is 0 Å². The average Bonchev–Trinajstić information content (AvgIpc) is 2.38. The van der Waals surface area contributed by atoms with Crippen LogP contribution in [0.2, 0.25) is 0 Å². The molecule has 18 heavy (non-hydrogen) atoms. The molecule has 1 N–H and O–H groups in total. The summed E-state index contributed by atoms with van der Waals surface area (Å²) in [6, 6.07) is 7.81. The Labute approximate surface area is 105 Å². The van der Waals surface area contributed by atoms with Crippen molar-refractivity contribution in [3.05, 3.63) is 41.8 Å². The van der Waals surface area contributed by atoms with Gasteiger partial charge >= 0.3 is 0 Å². The molecule has 2 aromatic rings. The number of benzene rings is 1. The van der Waals surface area contributed by atoms with Crippen LogP contribution in [0.1, 0.15) is 5.56 Å². The molecule has 1 aromatic carbocycles. The summed E-state index contributed by atoms with van der Waals surface area (Å²) in [5, 5.41) is 2.80. The lowest BCUT2D eigenvalue weighted by Crippen LogP contribution is -2.14. The van der Waals surface area contributed by atoms with E-state index in [-0.39, 0.29) is 5.82 Å². The lowest BCUT2D eigenvalue weighted by Gasteiger charge is -2.19. The molecular weight excluding hydrogens is 231 g/mol. The Hall–Kier alpha value is -2.17. The molecule has 0 radical (unpaired) electrons. The van der Waals surface area contributed by atoms with E-state index in [2.05, 4.69) is 15.3 Å². The first-order valence-corrected chi connectivity index (χ1v) is 5.62. The van der Waals surface area contributed by atoms with Gasteiger partial charge in [0, 0.05) is 19.8 Å². The van der Waals surface area contributed by atoms with E-state index in [0.29, 0.717) is 5.95 Å². The summed E-state index contributed by atoms with van der Waals surface area (Å²) in [6.07, 6.45) is 1.17. The zero-order chi connectivity index (χ0) is 13.1. The third-order valence-electron chi connectivity index (χ3n) is 2.66. The largest absolute Gasteiger partial charge is 0.357 e. The molecule has 0 aliphatic carbocycles. The minimum Gasteiger partial charge on any atom is -0.357 e. The van der Waals surface area contributed by atoms with Crippen LogP contribution < -0.4 is 10.2 Å². The number of halogens is 1. The summed E-state index contributed by atoms with van der Waals surface area (Å²) in [5.74, 6) is 0.198. The summed E-state index contributed by atoms with van der Waals surface area (Å²) in [6.45, 7) is 1.99. The fraction of sp³-hybridized carbons (Fsp3) is 0.231. The lowest BCUT2D eigenvalue weighted by atomic mass is 10.2. The van der Waals surface area contributed by atoms with Crippen LogP contribution in [0.5, 0.6) is 0 Å². The lowest BCUT2D eigenvalue weighted by molar-refractivity contribution is 0.614. The van der Waals surface area contributed by atoms with E-state index in [0.717, 1.165) is 11.3 Å². The first-order chi connectivity index (χ1) is 8.61. The fourth-order valence-electron chi connectivity index (χ4n) is 1.67. The van der Waals surface area contributed by atoms with Crippen LogP contribution in [0, 0.1) is 12.7 Å². The second kappa shape index (κ2) is 5.00. The highest BCUT2D eigenvalue weighted by molar-refractivity contribution is 5.61. The maximum atomic E-state index is 13.7. The van der Waals surface area contributed by atoms with Crippen molar-refractivity contribution in [2.75, 3.05) is 24.3 Å². The molecule has 1 aromatic heterocycles. The number of aromatic nitrogens is 2. The van der Waals surface area contributed by atoms with Crippen LogP contribution in [-0.4, -0.2) is 24.1 Å². The normalized spacial score (nSPS) is 10.2. The first kappa shape index (κ1) is 12.3. The molecule has 5 heteroatoms. The molecule has 0 aliphatic heterocycles. The molecule has 1 heterocycles. The highest BCUT2D eigenvalue weighted by Crippen LogP contribution is 2.25. The van der Waals surface area contributed by atoms with Gasteiger partial charge in [-0.1, -0.05) is 12.1 Å². The van der Waals surface area contributed by atoms with Gasteiger partial charge in [0.05, 0.1) is 6.20 Å². The van der Waals surface area contributed by atoms with Crippen LogP contribution in [0.3, 0.4) is 0 Å². The molecule has 0 saturated heterocycles. The minimum atomic E-state index is -0.446. The monoisotopic (exact) mass is 246 g/mol. The smallest absolute Gasteiger partial charge is 0.224 e. The molecular formula is C13H15FN4. The predicted octanol–water partition coefficient (Wildman–Crippen LogP) is 2.73. The second-order valence-electron chi connectivity index (χ2n) is 4.01. The van der Waals surface area contributed by atoms with Crippen molar-refractivity contribution in [1.29, 1.82) is 0 Å². The zero-order valence-corrected chi connectivity index (χ0v) is 10.6. The Balaban J connectivity index is 2.41. The van der Waals surface area contributed by atoms with E-state index < -0.39 is 5.82 Å². The van der Waals surface area contributed by atoms with E-state index in [1.165, 1.54) is 6.20 Å². The van der Waals surface area contributed by atoms with Gasteiger partial charge in [0.1, 0.15) is 0 Å². The van der Waals surface area contributed by atoms with E-state index in [9.17, 15) is 4.39 Å². The van der Waals surface area contributed by atoms with Gasteiger partial charge in [0.25, 0.3) is 0 Å². The van der Waals surface area contributed by atoms with Crippen LogP contribution >= 0.6 is 0 Å². The molecule has 0 bridgehead atoms. The standard InChI is InChI=1S/C13H15FN4/c1-9-5-4-6-10(7-9)18(3)12-11(14)8-16-13(15-2)17-12/h4-8H,1-3H3,(H,15,16,17). The van der Waals surface area contributed by atoms with Crippen LogP contribution in [0.15, 0.2) is 30.5 Å². The van der Waals surface area contributed by atoms with E-state index in [1.54, 1.807) is 19.0 Å². The van der Waals surface area contributed by atoms with E-state index in [4.69, 9.17) is 0 Å². The van der Waals surface area contributed by atoms with Gasteiger partial charge in [-0.05, 0) is 24.6 Å². The highest BCUT2D eigenvalue weighted by Gasteiger charge is 2.12. The summed E-state index contributed by atoms with van der Waals surface area (Å²) in [7, 11) is 3.48. The third-order valence-corrected chi connectivity index (χ3v) is 2.66. The average molecular weight is 246 g/mol. The molecule has 0 unspecified atom stereocenters. The van der Waals surface area contributed by atoms with E-state index >= 15 is 0 Å². The highest BCUT2D eigenvalue weighted by atomic mass is 19.1. The fourth-order valence-corrected chi connectivity index (χ4v) is 1.67. The van der Waals surface area contributed by atoms with Crippen molar-refractivity contribution in [2.24, 2.45) is 0 Å². The molecule has 0 aliphatic rings. The molecule has 4 nitrogen and oxygen atoms in total. The Morgan fingerprint density at radius 1 is 1.33 bits per heavy atom. The molecule has 0 atom stereocenters. The van der Waals surface area contributed by atoms with Gasteiger partial charge in [-0.2, -0.15) is 4.98 Å². The van der Waals surface area contributed by atoms with Crippen molar-refractivity contribution in [2.45, 2.75) is 6.92 Å². The van der Waals surface area contributed by atoms with Gasteiger partial charge in [-0.3, -0.25) is 0 Å². The summed E-state index contributed by atoms with van der Waals surface area (Å²) in [5.41, 5.74) is 2.00. The van der Waals surface area contributed by atoms with Crippen molar-refractivity contribution in [1.82, 2.24) is 9.97 Å². The first-order valence-electron chi connectivity index (χ1n) is 5.62.